The molecule has 0 atom stereocenters. The van der Waals surface area contributed by atoms with Gasteiger partial charge in [0.25, 0.3) is 0 Å². The Balaban J connectivity index is 1.87. The Morgan fingerprint density at radius 2 is 2.00 bits per heavy atom. The van der Waals surface area contributed by atoms with Gasteiger partial charge in [-0.25, -0.2) is 9.67 Å². The number of nitrogens with zero attached hydrogens (tertiary/aromatic N) is 4. The third-order valence-electron chi connectivity index (χ3n) is 3.93. The predicted molar refractivity (Wildman–Crippen MR) is 88.9 cm³/mol. The second-order valence-corrected chi connectivity index (χ2v) is 5.51. The maximum absolute atomic E-state index is 5.68. The van der Waals surface area contributed by atoms with Crippen molar-refractivity contribution in [3.63, 3.8) is 0 Å². The summed E-state index contributed by atoms with van der Waals surface area (Å²) < 4.78 is 7.56. The van der Waals surface area contributed by atoms with E-state index in [2.05, 4.69) is 40.4 Å². The largest absolute Gasteiger partial charge is 0.443 e. The van der Waals surface area contributed by atoms with Crippen molar-refractivity contribution in [2.75, 3.05) is 0 Å². The van der Waals surface area contributed by atoms with Gasteiger partial charge in [0.05, 0.1) is 5.52 Å². The first-order valence-electron chi connectivity index (χ1n) is 7.60. The molecule has 4 rings (SSSR count). The second-order valence-electron chi connectivity index (χ2n) is 5.51. The first-order chi connectivity index (χ1) is 11.3. The van der Waals surface area contributed by atoms with Gasteiger partial charge in [0, 0.05) is 17.7 Å². The lowest BCUT2D eigenvalue weighted by Gasteiger charge is -2.04. The molecule has 0 aliphatic heterocycles. The number of benzene rings is 2. The van der Waals surface area contributed by atoms with Crippen LogP contribution < -0.4 is 0 Å². The molecule has 2 aromatic heterocycles. The lowest BCUT2D eigenvalue weighted by Crippen LogP contribution is -1.95. The lowest BCUT2D eigenvalue weighted by molar-refractivity contribution is 0.572. The molecule has 0 aliphatic rings. The number of aromatic nitrogens is 4. The van der Waals surface area contributed by atoms with Crippen LogP contribution in [0.3, 0.4) is 0 Å². The number of oxazole rings is 1. The molecule has 2 aromatic carbocycles. The second kappa shape index (κ2) is 5.35. The molecule has 0 amide bonds. The molecule has 114 valence electrons. The fraction of sp³-hybridized carbons (Fsp3) is 0.167. The van der Waals surface area contributed by atoms with Gasteiger partial charge < -0.3 is 4.42 Å². The fourth-order valence-electron chi connectivity index (χ4n) is 2.79. The minimum atomic E-state index is 0.765. The third-order valence-corrected chi connectivity index (χ3v) is 3.93. The van der Waals surface area contributed by atoms with Crippen LogP contribution in [0.2, 0.25) is 0 Å². The Morgan fingerprint density at radius 3 is 2.83 bits per heavy atom. The summed E-state index contributed by atoms with van der Waals surface area (Å²) in [5.41, 5.74) is 5.95. The summed E-state index contributed by atoms with van der Waals surface area (Å²) in [7, 11) is 0. The van der Waals surface area contributed by atoms with Gasteiger partial charge >= 0.3 is 0 Å². The van der Waals surface area contributed by atoms with Gasteiger partial charge in [-0.1, -0.05) is 29.0 Å². The Morgan fingerprint density at radius 1 is 1.09 bits per heavy atom. The molecule has 4 aromatic rings. The van der Waals surface area contributed by atoms with Gasteiger partial charge in [-0.05, 0) is 38.1 Å². The van der Waals surface area contributed by atoms with Crippen LogP contribution in [-0.4, -0.2) is 20.0 Å². The zero-order valence-corrected chi connectivity index (χ0v) is 13.0. The van der Waals surface area contributed by atoms with Gasteiger partial charge in [0.1, 0.15) is 11.2 Å². The van der Waals surface area contributed by atoms with Gasteiger partial charge in [-0.15, -0.1) is 5.10 Å². The van der Waals surface area contributed by atoms with E-state index in [0.717, 1.165) is 40.2 Å². The van der Waals surface area contributed by atoms with E-state index in [0.29, 0.717) is 0 Å². The van der Waals surface area contributed by atoms with E-state index in [-0.39, 0.29) is 0 Å². The highest BCUT2D eigenvalue weighted by molar-refractivity contribution is 5.84. The number of hydrogen-bond donors (Lipinski definition) is 0. The highest BCUT2D eigenvalue weighted by Gasteiger charge is 2.15. The molecule has 5 nitrogen and oxygen atoms in total. The smallest absolute Gasteiger partial charge is 0.182 e. The van der Waals surface area contributed by atoms with E-state index >= 15 is 0 Å². The van der Waals surface area contributed by atoms with Crippen molar-refractivity contribution < 1.29 is 4.42 Å². The van der Waals surface area contributed by atoms with Crippen molar-refractivity contribution in [1.82, 2.24) is 20.0 Å². The highest BCUT2D eigenvalue weighted by Crippen LogP contribution is 2.32. The molecule has 0 unspecified atom stereocenters. The normalized spacial score (nSPS) is 11.2. The topological polar surface area (TPSA) is 56.7 Å². The van der Waals surface area contributed by atoms with Crippen LogP contribution in [-0.2, 0) is 6.54 Å². The van der Waals surface area contributed by atoms with E-state index in [1.165, 1.54) is 12.0 Å². The number of aryl methyl sites for hydroxylation is 2. The van der Waals surface area contributed by atoms with Crippen LogP contribution in [0.1, 0.15) is 12.5 Å². The molecule has 0 radical (unpaired) electrons. The third kappa shape index (κ3) is 2.30. The fourth-order valence-corrected chi connectivity index (χ4v) is 2.79. The Hall–Kier alpha value is -2.95. The lowest BCUT2D eigenvalue weighted by atomic mass is 10.0. The van der Waals surface area contributed by atoms with Gasteiger partial charge in [0.2, 0.25) is 0 Å². The molecule has 0 N–H and O–H groups in total. The average Bonchev–Trinajstić information content (AvgIpc) is 3.21. The van der Waals surface area contributed by atoms with Crippen LogP contribution in [0, 0.1) is 6.92 Å². The molecule has 0 saturated heterocycles. The van der Waals surface area contributed by atoms with E-state index in [9.17, 15) is 0 Å². The quantitative estimate of drug-likeness (QED) is 0.572. The number of hydrogen-bond acceptors (Lipinski definition) is 4. The van der Waals surface area contributed by atoms with Crippen LogP contribution in [0.4, 0.5) is 0 Å². The summed E-state index contributed by atoms with van der Waals surface area (Å²) in [6.07, 6.45) is 1.49. The minimum Gasteiger partial charge on any atom is -0.443 e. The Bertz CT molecular complexity index is 984. The van der Waals surface area contributed by atoms with Crippen molar-refractivity contribution in [2.45, 2.75) is 20.4 Å². The predicted octanol–water partition coefficient (Wildman–Crippen LogP) is 4.08. The molecule has 23 heavy (non-hydrogen) atoms. The molecule has 0 fully saturated rings. The zero-order chi connectivity index (χ0) is 15.8. The van der Waals surface area contributed by atoms with Crippen molar-refractivity contribution in [3.05, 3.63) is 54.4 Å². The molecule has 0 bridgehead atoms. The molecular formula is C18H16N4O. The van der Waals surface area contributed by atoms with E-state index in [1.807, 2.05) is 35.9 Å². The monoisotopic (exact) mass is 304 g/mol. The standard InChI is InChI=1S/C18H16N4O/c1-3-22-16-10-14(7-8-15(16)20-21-22)18-17(19-11-23-18)13-6-4-5-12(2)9-13/h4-11H,3H2,1-2H3. The number of rotatable bonds is 3. The first-order valence-corrected chi connectivity index (χ1v) is 7.60. The van der Waals surface area contributed by atoms with Crippen molar-refractivity contribution in [3.8, 4) is 22.6 Å². The van der Waals surface area contributed by atoms with E-state index < -0.39 is 0 Å². The molecule has 0 spiro atoms. The summed E-state index contributed by atoms with van der Waals surface area (Å²) in [5, 5.41) is 8.32. The van der Waals surface area contributed by atoms with Gasteiger partial charge in [-0.3, -0.25) is 0 Å². The summed E-state index contributed by atoms with van der Waals surface area (Å²) in [6.45, 7) is 4.90. The summed E-state index contributed by atoms with van der Waals surface area (Å²) in [4.78, 5) is 4.41. The maximum Gasteiger partial charge on any atom is 0.182 e. The molecule has 0 saturated carbocycles. The molecular weight excluding hydrogens is 288 g/mol. The molecule has 2 heterocycles. The van der Waals surface area contributed by atoms with E-state index in [4.69, 9.17) is 4.42 Å². The van der Waals surface area contributed by atoms with Crippen molar-refractivity contribution >= 4 is 11.0 Å². The van der Waals surface area contributed by atoms with Crippen molar-refractivity contribution in [2.24, 2.45) is 0 Å². The first kappa shape index (κ1) is 13.7. The Labute approximate surface area is 133 Å². The van der Waals surface area contributed by atoms with Gasteiger partial charge in [0.15, 0.2) is 12.2 Å². The summed E-state index contributed by atoms with van der Waals surface area (Å²) in [5.74, 6) is 0.765. The summed E-state index contributed by atoms with van der Waals surface area (Å²) in [6, 6.07) is 14.3. The highest BCUT2D eigenvalue weighted by atomic mass is 16.3. The number of fused-ring (bicyclic) bond motifs is 1. The van der Waals surface area contributed by atoms with Gasteiger partial charge in [-0.2, -0.15) is 0 Å². The zero-order valence-electron chi connectivity index (χ0n) is 13.0. The van der Waals surface area contributed by atoms with Crippen LogP contribution in [0.15, 0.2) is 53.3 Å². The average molecular weight is 304 g/mol. The minimum absolute atomic E-state index is 0.765. The summed E-state index contributed by atoms with van der Waals surface area (Å²) >= 11 is 0. The maximum atomic E-state index is 5.68. The van der Waals surface area contributed by atoms with Crippen LogP contribution >= 0.6 is 0 Å². The molecule has 5 heteroatoms. The molecule has 0 aliphatic carbocycles. The van der Waals surface area contributed by atoms with E-state index in [1.54, 1.807) is 0 Å². The van der Waals surface area contributed by atoms with Crippen molar-refractivity contribution in [1.29, 1.82) is 0 Å². The van der Waals surface area contributed by atoms with Crippen LogP contribution in [0.5, 0.6) is 0 Å². The van der Waals surface area contributed by atoms with Crippen LogP contribution in [0.25, 0.3) is 33.6 Å². The Kier molecular flexibility index (Phi) is 3.19. The SMILES string of the molecule is CCn1nnc2ccc(-c3ocnc3-c3cccc(C)c3)cc21.